The molecule has 1 aromatic heterocycles. The number of imidazole rings is 1. The molecule has 0 fully saturated rings. The predicted molar refractivity (Wildman–Crippen MR) is 83.8 cm³/mol. The van der Waals surface area contributed by atoms with Crippen LogP contribution in [0.25, 0.3) is 0 Å². The van der Waals surface area contributed by atoms with Crippen molar-refractivity contribution in [3.63, 3.8) is 0 Å². The minimum atomic E-state index is 0.0396. The Balaban J connectivity index is 2.03. The minimum absolute atomic E-state index is 0.0396. The third-order valence-electron chi connectivity index (χ3n) is 3.97. The molecular formula is C16H20N4O. The Morgan fingerprint density at radius 2 is 2.24 bits per heavy atom. The van der Waals surface area contributed by atoms with Crippen molar-refractivity contribution in [3.05, 3.63) is 42.0 Å². The first-order chi connectivity index (χ1) is 10.1. The second-order valence-corrected chi connectivity index (χ2v) is 5.60. The highest BCUT2D eigenvalue weighted by Gasteiger charge is 2.28. The fourth-order valence-corrected chi connectivity index (χ4v) is 2.73. The van der Waals surface area contributed by atoms with Crippen LogP contribution in [0.2, 0.25) is 0 Å². The lowest BCUT2D eigenvalue weighted by Crippen LogP contribution is -2.24. The largest absolute Gasteiger partial charge is 0.378 e. The van der Waals surface area contributed by atoms with E-state index in [-0.39, 0.29) is 11.8 Å². The van der Waals surface area contributed by atoms with Gasteiger partial charge >= 0.3 is 0 Å². The molecule has 110 valence electrons. The first kappa shape index (κ1) is 13.7. The van der Waals surface area contributed by atoms with Gasteiger partial charge in [0, 0.05) is 50.6 Å². The SMILES string of the molecule is CCn1cnc(C2CC(=O)Nc3cc(N(C)C)ccc32)c1. The van der Waals surface area contributed by atoms with E-state index in [4.69, 9.17) is 0 Å². The average molecular weight is 284 g/mol. The van der Waals surface area contributed by atoms with Gasteiger partial charge in [0.15, 0.2) is 0 Å². The summed E-state index contributed by atoms with van der Waals surface area (Å²) in [5, 5.41) is 2.98. The first-order valence-corrected chi connectivity index (χ1v) is 7.21. The molecule has 1 atom stereocenters. The molecule has 1 amide bonds. The van der Waals surface area contributed by atoms with E-state index in [0.717, 1.165) is 29.2 Å². The van der Waals surface area contributed by atoms with Gasteiger partial charge in [0.2, 0.25) is 5.91 Å². The van der Waals surface area contributed by atoms with E-state index < -0.39 is 0 Å². The van der Waals surface area contributed by atoms with Crippen LogP contribution in [0.1, 0.15) is 30.5 Å². The fraction of sp³-hybridized carbons (Fsp3) is 0.375. The third-order valence-corrected chi connectivity index (χ3v) is 3.97. The fourth-order valence-electron chi connectivity index (χ4n) is 2.73. The van der Waals surface area contributed by atoms with Crippen molar-refractivity contribution in [2.75, 3.05) is 24.3 Å². The van der Waals surface area contributed by atoms with Crippen molar-refractivity contribution in [2.45, 2.75) is 25.8 Å². The van der Waals surface area contributed by atoms with E-state index in [1.165, 1.54) is 0 Å². The highest BCUT2D eigenvalue weighted by molar-refractivity contribution is 5.95. The van der Waals surface area contributed by atoms with Gasteiger partial charge < -0.3 is 14.8 Å². The molecule has 3 rings (SSSR count). The Morgan fingerprint density at radius 1 is 1.43 bits per heavy atom. The van der Waals surface area contributed by atoms with Gasteiger partial charge in [0.25, 0.3) is 0 Å². The molecule has 5 heteroatoms. The summed E-state index contributed by atoms with van der Waals surface area (Å²) in [6.07, 6.45) is 4.32. The molecule has 1 aliphatic rings. The van der Waals surface area contributed by atoms with E-state index in [1.54, 1.807) is 0 Å². The molecular weight excluding hydrogens is 264 g/mol. The van der Waals surface area contributed by atoms with Gasteiger partial charge in [0.1, 0.15) is 0 Å². The number of rotatable bonds is 3. The van der Waals surface area contributed by atoms with Crippen LogP contribution in [0, 0.1) is 0 Å². The van der Waals surface area contributed by atoms with Gasteiger partial charge in [-0.1, -0.05) is 6.07 Å². The molecule has 1 aromatic carbocycles. The third kappa shape index (κ3) is 2.51. The highest BCUT2D eigenvalue weighted by atomic mass is 16.1. The molecule has 0 saturated heterocycles. The van der Waals surface area contributed by atoms with E-state index >= 15 is 0 Å². The normalized spacial score (nSPS) is 17.3. The molecule has 1 aliphatic heterocycles. The average Bonchev–Trinajstić information content (AvgIpc) is 2.94. The van der Waals surface area contributed by atoms with Crippen LogP contribution in [0.15, 0.2) is 30.7 Å². The number of aromatic nitrogens is 2. The number of carbonyl (C=O) groups is 1. The number of aryl methyl sites for hydroxylation is 1. The van der Waals surface area contributed by atoms with Gasteiger partial charge in [-0.3, -0.25) is 4.79 Å². The molecule has 0 saturated carbocycles. The maximum absolute atomic E-state index is 12.0. The Labute approximate surface area is 124 Å². The van der Waals surface area contributed by atoms with Crippen LogP contribution in [0.4, 0.5) is 11.4 Å². The number of fused-ring (bicyclic) bond motifs is 1. The summed E-state index contributed by atoms with van der Waals surface area (Å²) in [6.45, 7) is 2.97. The number of nitrogens with zero attached hydrogens (tertiary/aromatic N) is 3. The number of amides is 1. The van der Waals surface area contributed by atoms with Crippen LogP contribution in [0.3, 0.4) is 0 Å². The standard InChI is InChI=1S/C16H20N4O/c1-4-20-9-15(17-10-20)13-8-16(21)18-14-7-11(19(2)3)5-6-12(13)14/h5-7,9-10,13H,4,8H2,1-3H3,(H,18,21). The molecule has 5 nitrogen and oxygen atoms in total. The predicted octanol–water partition coefficient (Wildman–Crippen LogP) is 2.44. The van der Waals surface area contributed by atoms with E-state index in [0.29, 0.717) is 6.42 Å². The Kier molecular flexibility index (Phi) is 3.41. The van der Waals surface area contributed by atoms with Crippen molar-refractivity contribution >= 4 is 17.3 Å². The zero-order chi connectivity index (χ0) is 15.0. The van der Waals surface area contributed by atoms with Gasteiger partial charge in [0.05, 0.1) is 12.0 Å². The van der Waals surface area contributed by atoms with Crippen LogP contribution in [-0.2, 0) is 11.3 Å². The number of nitrogens with one attached hydrogen (secondary N) is 1. The number of benzene rings is 1. The summed E-state index contributed by atoms with van der Waals surface area (Å²) in [5.41, 5.74) is 4.08. The molecule has 2 aromatic rings. The molecule has 0 aliphatic carbocycles. The van der Waals surface area contributed by atoms with Crippen molar-refractivity contribution < 1.29 is 4.79 Å². The highest BCUT2D eigenvalue weighted by Crippen LogP contribution is 2.38. The van der Waals surface area contributed by atoms with Crippen LogP contribution >= 0.6 is 0 Å². The molecule has 1 N–H and O–H groups in total. The lowest BCUT2D eigenvalue weighted by molar-refractivity contribution is -0.116. The number of carbonyl (C=O) groups excluding carboxylic acids is 1. The molecule has 1 unspecified atom stereocenters. The van der Waals surface area contributed by atoms with Gasteiger partial charge in [-0.05, 0) is 24.6 Å². The molecule has 0 spiro atoms. The van der Waals surface area contributed by atoms with Gasteiger partial charge in [-0.25, -0.2) is 4.98 Å². The Hall–Kier alpha value is -2.30. The Morgan fingerprint density at radius 3 is 2.90 bits per heavy atom. The summed E-state index contributed by atoms with van der Waals surface area (Å²) in [4.78, 5) is 18.5. The van der Waals surface area contributed by atoms with Crippen molar-refractivity contribution in [1.82, 2.24) is 9.55 Å². The monoisotopic (exact) mass is 284 g/mol. The first-order valence-electron chi connectivity index (χ1n) is 7.21. The smallest absolute Gasteiger partial charge is 0.225 e. The zero-order valence-electron chi connectivity index (χ0n) is 12.6. The summed E-state index contributed by atoms with van der Waals surface area (Å²) in [5.74, 6) is 0.0900. The summed E-state index contributed by atoms with van der Waals surface area (Å²) < 4.78 is 2.04. The van der Waals surface area contributed by atoms with Crippen molar-refractivity contribution in [3.8, 4) is 0 Å². The second kappa shape index (κ2) is 5.24. The van der Waals surface area contributed by atoms with Crippen LogP contribution in [-0.4, -0.2) is 29.6 Å². The van der Waals surface area contributed by atoms with Gasteiger partial charge in [-0.2, -0.15) is 0 Å². The lowest BCUT2D eigenvalue weighted by Gasteiger charge is -2.26. The quantitative estimate of drug-likeness (QED) is 0.942. The summed E-state index contributed by atoms with van der Waals surface area (Å²) >= 11 is 0. The summed E-state index contributed by atoms with van der Waals surface area (Å²) in [7, 11) is 3.99. The summed E-state index contributed by atoms with van der Waals surface area (Å²) in [6, 6.07) is 6.20. The molecule has 0 bridgehead atoms. The van der Waals surface area contributed by atoms with Gasteiger partial charge in [-0.15, -0.1) is 0 Å². The maximum atomic E-state index is 12.0. The van der Waals surface area contributed by atoms with Crippen LogP contribution < -0.4 is 10.2 Å². The number of anilines is 2. The topological polar surface area (TPSA) is 50.2 Å². The molecule has 0 radical (unpaired) electrons. The van der Waals surface area contributed by atoms with E-state index in [2.05, 4.69) is 29.4 Å². The Bertz CT molecular complexity index is 675. The van der Waals surface area contributed by atoms with E-state index in [1.807, 2.05) is 42.2 Å². The van der Waals surface area contributed by atoms with Crippen LogP contribution in [0.5, 0.6) is 0 Å². The van der Waals surface area contributed by atoms with Crippen molar-refractivity contribution in [2.24, 2.45) is 0 Å². The molecule has 2 heterocycles. The number of hydrogen-bond acceptors (Lipinski definition) is 3. The van der Waals surface area contributed by atoms with Crippen molar-refractivity contribution in [1.29, 1.82) is 0 Å². The maximum Gasteiger partial charge on any atom is 0.225 e. The minimum Gasteiger partial charge on any atom is -0.378 e. The van der Waals surface area contributed by atoms with E-state index in [9.17, 15) is 4.79 Å². The lowest BCUT2D eigenvalue weighted by atomic mass is 9.88. The molecule has 21 heavy (non-hydrogen) atoms. The second-order valence-electron chi connectivity index (χ2n) is 5.60. The number of hydrogen-bond donors (Lipinski definition) is 1. The zero-order valence-corrected chi connectivity index (χ0v) is 12.6.